The lowest BCUT2D eigenvalue weighted by Gasteiger charge is -2.36. The molecule has 0 unspecified atom stereocenters. The first-order valence-corrected chi connectivity index (χ1v) is 9.93. The van der Waals surface area contributed by atoms with E-state index in [1.807, 2.05) is 31.6 Å². The summed E-state index contributed by atoms with van der Waals surface area (Å²) < 4.78 is 7.10. The molecule has 0 spiro atoms. The number of rotatable bonds is 6. The number of piperazine rings is 1. The molecule has 1 aliphatic rings. The van der Waals surface area contributed by atoms with Gasteiger partial charge in [-0.05, 0) is 5.56 Å². The Morgan fingerprint density at radius 1 is 1.10 bits per heavy atom. The van der Waals surface area contributed by atoms with E-state index < -0.39 is 0 Å². The Labute approximate surface area is 194 Å². The average Bonchev–Trinajstić information content (AvgIpc) is 3.43. The van der Waals surface area contributed by atoms with E-state index in [1.54, 1.807) is 6.26 Å². The summed E-state index contributed by atoms with van der Waals surface area (Å²) in [5.74, 6) is 1.92. The number of aliphatic imine (C=N–C) groups is 1. The maximum absolute atomic E-state index is 4.92. The molecule has 0 amide bonds. The zero-order valence-corrected chi connectivity index (χ0v) is 19.5. The Bertz CT molecular complexity index is 903. The number of imidazole rings is 1. The van der Waals surface area contributed by atoms with Crippen LogP contribution in [0.1, 0.15) is 17.1 Å². The Kier molecular flexibility index (Phi) is 8.26. The molecule has 0 radical (unpaired) electrons. The molecule has 8 nitrogen and oxygen atoms in total. The molecule has 1 saturated heterocycles. The predicted molar refractivity (Wildman–Crippen MR) is 127 cm³/mol. The molecule has 3 aromatic rings. The summed E-state index contributed by atoms with van der Waals surface area (Å²) in [6, 6.07) is 12.4. The molecule has 160 valence electrons. The van der Waals surface area contributed by atoms with Gasteiger partial charge in [-0.3, -0.25) is 9.89 Å². The Hall–Kier alpha value is -2.40. The normalized spacial score (nSPS) is 15.1. The number of hydrogen-bond donors (Lipinski definition) is 1. The first-order chi connectivity index (χ1) is 14.3. The van der Waals surface area contributed by atoms with Crippen molar-refractivity contribution in [3.05, 3.63) is 72.1 Å². The van der Waals surface area contributed by atoms with Crippen LogP contribution in [0.2, 0.25) is 0 Å². The number of guanidine groups is 1. The van der Waals surface area contributed by atoms with Gasteiger partial charge >= 0.3 is 0 Å². The van der Waals surface area contributed by atoms with Crippen LogP contribution in [0.4, 0.5) is 0 Å². The van der Waals surface area contributed by atoms with Gasteiger partial charge in [0, 0.05) is 64.8 Å². The predicted octanol–water partition coefficient (Wildman–Crippen LogP) is 2.43. The molecule has 0 aliphatic carbocycles. The second-order valence-corrected chi connectivity index (χ2v) is 7.11. The van der Waals surface area contributed by atoms with Gasteiger partial charge in [0.25, 0.3) is 0 Å². The van der Waals surface area contributed by atoms with E-state index >= 15 is 0 Å². The second kappa shape index (κ2) is 11.1. The summed E-state index contributed by atoms with van der Waals surface area (Å²) in [5.41, 5.74) is 2.24. The maximum atomic E-state index is 4.92. The van der Waals surface area contributed by atoms with Crippen molar-refractivity contribution in [3.63, 3.8) is 0 Å². The van der Waals surface area contributed by atoms with Gasteiger partial charge in [0.2, 0.25) is 0 Å². The van der Waals surface area contributed by atoms with E-state index in [9.17, 15) is 0 Å². The molecule has 0 bridgehead atoms. The van der Waals surface area contributed by atoms with Crippen LogP contribution >= 0.6 is 24.0 Å². The number of aromatic nitrogens is 3. The smallest absolute Gasteiger partial charge is 0.194 e. The Balaban J connectivity index is 0.00000256. The van der Waals surface area contributed by atoms with Gasteiger partial charge in [-0.1, -0.05) is 35.5 Å². The lowest BCUT2D eigenvalue weighted by Crippen LogP contribution is -2.52. The lowest BCUT2D eigenvalue weighted by molar-refractivity contribution is 0.169. The summed E-state index contributed by atoms with van der Waals surface area (Å²) in [6.45, 7) is 6.08. The molecule has 30 heavy (non-hydrogen) atoms. The molecule has 1 fully saturated rings. The van der Waals surface area contributed by atoms with Crippen LogP contribution in [0.25, 0.3) is 0 Å². The summed E-state index contributed by atoms with van der Waals surface area (Å²) in [4.78, 5) is 13.7. The molecular weight excluding hydrogens is 493 g/mol. The number of hydrogen-bond acceptors (Lipinski definition) is 5. The van der Waals surface area contributed by atoms with Gasteiger partial charge < -0.3 is 19.3 Å². The lowest BCUT2D eigenvalue weighted by atomic mass is 10.2. The first-order valence-electron chi connectivity index (χ1n) is 9.93. The van der Waals surface area contributed by atoms with Crippen LogP contribution in [-0.4, -0.2) is 63.7 Å². The van der Waals surface area contributed by atoms with E-state index in [2.05, 4.69) is 59.1 Å². The highest BCUT2D eigenvalue weighted by atomic mass is 127. The van der Waals surface area contributed by atoms with Crippen molar-refractivity contribution < 1.29 is 4.52 Å². The highest BCUT2D eigenvalue weighted by molar-refractivity contribution is 14.0. The molecule has 4 rings (SSSR count). The largest absolute Gasteiger partial charge is 0.364 e. The van der Waals surface area contributed by atoms with Gasteiger partial charge in [0.1, 0.15) is 12.1 Å². The fourth-order valence-corrected chi connectivity index (χ4v) is 3.59. The fraction of sp³-hybridized carbons (Fsp3) is 0.381. The SMILES string of the molecule is CN=C(NCc1nccn1Cc1ccccc1)N1CCN(Cc2ccon2)CC1.I. The highest BCUT2D eigenvalue weighted by Gasteiger charge is 2.20. The monoisotopic (exact) mass is 521 g/mol. The molecule has 1 aliphatic heterocycles. The van der Waals surface area contributed by atoms with Crippen molar-refractivity contribution in [2.75, 3.05) is 33.2 Å². The standard InChI is InChI=1S/C21H27N7O.HI/c1-22-21(27-12-10-26(11-13-27)17-19-7-14-29-25-19)24-15-20-23-8-9-28(20)16-18-5-3-2-4-6-18;/h2-9,14H,10-13,15-17H2,1H3,(H,22,24);1H. The Morgan fingerprint density at radius 2 is 1.90 bits per heavy atom. The molecule has 9 heteroatoms. The number of halogens is 1. The van der Waals surface area contributed by atoms with Crippen molar-refractivity contribution in [2.24, 2.45) is 4.99 Å². The third-order valence-electron chi connectivity index (χ3n) is 5.16. The van der Waals surface area contributed by atoms with Gasteiger partial charge in [-0.15, -0.1) is 24.0 Å². The topological polar surface area (TPSA) is 74.7 Å². The molecule has 3 heterocycles. The van der Waals surface area contributed by atoms with Crippen molar-refractivity contribution in [3.8, 4) is 0 Å². The van der Waals surface area contributed by atoms with Crippen molar-refractivity contribution >= 4 is 29.9 Å². The van der Waals surface area contributed by atoms with Gasteiger partial charge in [0.05, 0.1) is 12.2 Å². The van der Waals surface area contributed by atoms with Crippen LogP contribution < -0.4 is 5.32 Å². The van der Waals surface area contributed by atoms with Crippen molar-refractivity contribution in [1.29, 1.82) is 0 Å². The quantitative estimate of drug-likeness (QED) is 0.305. The van der Waals surface area contributed by atoms with Crippen LogP contribution in [0.3, 0.4) is 0 Å². The molecule has 1 N–H and O–H groups in total. The first kappa shape index (κ1) is 22.3. The van der Waals surface area contributed by atoms with E-state index in [4.69, 9.17) is 4.52 Å². The fourth-order valence-electron chi connectivity index (χ4n) is 3.59. The van der Waals surface area contributed by atoms with E-state index in [1.165, 1.54) is 5.56 Å². The maximum Gasteiger partial charge on any atom is 0.194 e. The van der Waals surface area contributed by atoms with E-state index in [-0.39, 0.29) is 24.0 Å². The van der Waals surface area contributed by atoms with Crippen LogP contribution in [0, 0.1) is 0 Å². The van der Waals surface area contributed by atoms with Crippen molar-refractivity contribution in [1.82, 2.24) is 29.8 Å². The summed E-state index contributed by atoms with van der Waals surface area (Å²) >= 11 is 0. The second-order valence-electron chi connectivity index (χ2n) is 7.11. The van der Waals surface area contributed by atoms with Crippen LogP contribution in [0.15, 0.2) is 64.6 Å². The number of nitrogens with one attached hydrogen (secondary N) is 1. The minimum atomic E-state index is 0. The zero-order valence-electron chi connectivity index (χ0n) is 17.1. The van der Waals surface area contributed by atoms with Gasteiger partial charge in [-0.25, -0.2) is 4.98 Å². The van der Waals surface area contributed by atoms with Gasteiger partial charge in [-0.2, -0.15) is 0 Å². The van der Waals surface area contributed by atoms with Crippen LogP contribution in [0.5, 0.6) is 0 Å². The average molecular weight is 521 g/mol. The molecular formula is C21H28IN7O. The summed E-state index contributed by atoms with van der Waals surface area (Å²) in [6.07, 6.45) is 5.50. The molecule has 0 atom stereocenters. The van der Waals surface area contributed by atoms with Crippen molar-refractivity contribution in [2.45, 2.75) is 19.6 Å². The van der Waals surface area contributed by atoms with Gasteiger partial charge in [0.15, 0.2) is 5.96 Å². The van der Waals surface area contributed by atoms with E-state index in [0.717, 1.165) is 56.7 Å². The third-order valence-corrected chi connectivity index (χ3v) is 5.16. The zero-order chi connectivity index (χ0) is 19.9. The molecule has 2 aromatic heterocycles. The molecule has 1 aromatic carbocycles. The third kappa shape index (κ3) is 5.82. The summed E-state index contributed by atoms with van der Waals surface area (Å²) in [5, 5.41) is 7.48. The highest BCUT2D eigenvalue weighted by Crippen LogP contribution is 2.09. The van der Waals surface area contributed by atoms with E-state index in [0.29, 0.717) is 6.54 Å². The number of nitrogens with zero attached hydrogens (tertiary/aromatic N) is 6. The minimum Gasteiger partial charge on any atom is -0.364 e. The van der Waals surface area contributed by atoms with Crippen LogP contribution in [-0.2, 0) is 19.6 Å². The molecule has 0 saturated carbocycles. The summed E-state index contributed by atoms with van der Waals surface area (Å²) in [7, 11) is 1.83. The minimum absolute atomic E-state index is 0. The number of benzene rings is 1. The Morgan fingerprint density at radius 3 is 2.60 bits per heavy atom.